The van der Waals surface area contributed by atoms with Crippen molar-refractivity contribution in [3.63, 3.8) is 0 Å². The van der Waals surface area contributed by atoms with Crippen molar-refractivity contribution in [3.05, 3.63) is 117 Å². The molecule has 2 aliphatic rings. The number of benzene rings is 3. The lowest BCUT2D eigenvalue weighted by atomic mass is 9.85. The van der Waals surface area contributed by atoms with Crippen LogP contribution in [-0.2, 0) is 9.53 Å². The van der Waals surface area contributed by atoms with E-state index in [0.717, 1.165) is 21.3 Å². The van der Waals surface area contributed by atoms with Crippen LogP contribution in [-0.4, -0.2) is 17.2 Å². The molecule has 1 N–H and O–H groups in total. The third-order valence-electron chi connectivity index (χ3n) is 5.47. The number of ether oxygens (including phenoxy) is 1. The molecule has 0 radical (unpaired) electrons. The maximum atomic E-state index is 12.3. The molecule has 0 fully saturated rings. The largest absolute Gasteiger partial charge is 0.421 e. The molecule has 2 aliphatic heterocycles. The van der Waals surface area contributed by atoms with Crippen molar-refractivity contribution in [3.8, 4) is 0 Å². The van der Waals surface area contributed by atoms with Gasteiger partial charge in [0.15, 0.2) is 5.76 Å². The molecule has 0 amide bonds. The number of hydrogen-bond donors (Lipinski definition) is 1. The Bertz CT molecular complexity index is 1200. The van der Waals surface area contributed by atoms with Crippen molar-refractivity contribution in [2.24, 2.45) is 0 Å². The fraction of sp³-hybridized carbons (Fsp3) is 0.0800. The number of halogens is 2. The van der Waals surface area contributed by atoms with E-state index in [1.54, 1.807) is 12.1 Å². The lowest BCUT2D eigenvalue weighted by molar-refractivity contribution is -0.132. The van der Waals surface area contributed by atoms with E-state index in [4.69, 9.17) is 16.3 Å². The Kier molecular flexibility index (Phi) is 5.18. The summed E-state index contributed by atoms with van der Waals surface area (Å²) in [6.45, 7) is 0. The maximum Gasteiger partial charge on any atom is 0.338 e. The van der Waals surface area contributed by atoms with E-state index in [2.05, 4.69) is 15.9 Å². The van der Waals surface area contributed by atoms with Crippen LogP contribution in [0.25, 0.3) is 5.57 Å². The van der Waals surface area contributed by atoms with Crippen molar-refractivity contribution in [2.45, 2.75) is 12.1 Å². The number of carbonyl (C=O) groups excluding carboxylic acids is 1. The van der Waals surface area contributed by atoms with E-state index in [9.17, 15) is 9.90 Å². The van der Waals surface area contributed by atoms with Crippen molar-refractivity contribution >= 4 is 44.8 Å². The second-order valence-corrected chi connectivity index (χ2v) is 8.70. The number of fused-ring (bicyclic) bond motifs is 1. The molecule has 0 spiro atoms. The van der Waals surface area contributed by atoms with Crippen molar-refractivity contribution in [1.29, 1.82) is 0 Å². The van der Waals surface area contributed by atoms with Crippen LogP contribution in [0.4, 0.5) is 5.69 Å². The normalized spacial score (nSPS) is 20.4. The predicted molar refractivity (Wildman–Crippen MR) is 124 cm³/mol. The molecule has 0 bridgehead atoms. The van der Waals surface area contributed by atoms with Crippen LogP contribution in [0.15, 0.2) is 101 Å². The zero-order valence-electron chi connectivity index (χ0n) is 16.2. The first-order valence-electron chi connectivity index (χ1n) is 9.75. The fourth-order valence-electron chi connectivity index (χ4n) is 4.13. The molecule has 2 heterocycles. The van der Waals surface area contributed by atoms with E-state index >= 15 is 0 Å². The second kappa shape index (κ2) is 8.00. The van der Waals surface area contributed by atoms with Crippen LogP contribution in [0, 0.1) is 0 Å². The highest BCUT2D eigenvalue weighted by atomic mass is 79.9. The van der Waals surface area contributed by atoms with Gasteiger partial charge in [-0.2, -0.15) is 0 Å². The molecule has 31 heavy (non-hydrogen) atoms. The molecule has 0 aliphatic carbocycles. The SMILES string of the molecule is O=C1C=C2C(=C(c3ccccc3)[C@H](O)[C@@H](c3ccc(Cl)cc3)N2c2ccc(Br)cc2)O1. The van der Waals surface area contributed by atoms with Gasteiger partial charge in [-0.3, -0.25) is 0 Å². The van der Waals surface area contributed by atoms with Crippen LogP contribution in [0.2, 0.25) is 5.02 Å². The summed E-state index contributed by atoms with van der Waals surface area (Å²) in [6, 6.07) is 24.2. The number of anilines is 1. The molecular formula is C25H17BrClNO3. The number of esters is 1. The fourth-order valence-corrected chi connectivity index (χ4v) is 4.52. The van der Waals surface area contributed by atoms with Gasteiger partial charge in [0.1, 0.15) is 6.10 Å². The van der Waals surface area contributed by atoms with Gasteiger partial charge in [0.05, 0.1) is 17.8 Å². The summed E-state index contributed by atoms with van der Waals surface area (Å²) in [5.74, 6) is -0.0682. The molecule has 0 unspecified atom stereocenters. The minimum Gasteiger partial charge on any atom is -0.421 e. The van der Waals surface area contributed by atoms with Crippen LogP contribution in [0.3, 0.4) is 0 Å². The quantitative estimate of drug-likeness (QED) is 0.462. The Morgan fingerprint density at radius 2 is 1.61 bits per heavy atom. The van der Waals surface area contributed by atoms with Gasteiger partial charge in [-0.25, -0.2) is 4.79 Å². The van der Waals surface area contributed by atoms with E-state index in [-0.39, 0.29) is 0 Å². The summed E-state index contributed by atoms with van der Waals surface area (Å²) in [5.41, 5.74) is 3.71. The van der Waals surface area contributed by atoms with Gasteiger partial charge in [0, 0.05) is 20.8 Å². The van der Waals surface area contributed by atoms with Crippen LogP contribution < -0.4 is 4.90 Å². The first-order valence-corrected chi connectivity index (χ1v) is 10.9. The molecule has 0 saturated heterocycles. The average Bonchev–Trinajstić information content (AvgIpc) is 3.15. The highest BCUT2D eigenvalue weighted by molar-refractivity contribution is 9.10. The molecule has 5 rings (SSSR count). The van der Waals surface area contributed by atoms with Gasteiger partial charge in [0.25, 0.3) is 0 Å². The lowest BCUT2D eigenvalue weighted by Gasteiger charge is -2.42. The number of nitrogens with zero attached hydrogens (tertiary/aromatic N) is 1. The Balaban J connectivity index is 1.76. The van der Waals surface area contributed by atoms with E-state index in [1.807, 2.05) is 71.6 Å². The molecule has 2 atom stereocenters. The number of rotatable bonds is 3. The first-order chi connectivity index (χ1) is 15.0. The Morgan fingerprint density at radius 3 is 2.29 bits per heavy atom. The highest BCUT2D eigenvalue weighted by Crippen LogP contribution is 2.48. The molecule has 3 aromatic carbocycles. The standard InChI is InChI=1S/C25H17BrClNO3/c26-17-8-12-19(13-9-17)28-20-14-21(29)31-25(20)22(15-4-2-1-3-5-15)24(30)23(28)16-6-10-18(27)11-7-16/h1-14,23-24,30H/t23-,24+/m1/s1. The van der Waals surface area contributed by atoms with Gasteiger partial charge >= 0.3 is 5.97 Å². The third-order valence-corrected chi connectivity index (χ3v) is 6.25. The summed E-state index contributed by atoms with van der Waals surface area (Å²) in [5, 5.41) is 12.3. The Labute approximate surface area is 193 Å². The van der Waals surface area contributed by atoms with Gasteiger partial charge in [-0.05, 0) is 47.5 Å². The minimum absolute atomic E-state index is 0.386. The molecule has 0 saturated carbocycles. The predicted octanol–water partition coefficient (Wildman–Crippen LogP) is 5.88. The summed E-state index contributed by atoms with van der Waals surface area (Å²) >= 11 is 9.59. The minimum atomic E-state index is -0.953. The number of aliphatic hydroxyl groups excluding tert-OH is 1. The Hall–Kier alpha value is -2.86. The molecule has 0 aromatic heterocycles. The summed E-state index contributed by atoms with van der Waals surface area (Å²) < 4.78 is 6.53. The van der Waals surface area contributed by atoms with Crippen LogP contribution >= 0.6 is 27.5 Å². The molecular weight excluding hydrogens is 478 g/mol. The average molecular weight is 495 g/mol. The number of carbonyl (C=O) groups is 1. The maximum absolute atomic E-state index is 12.3. The van der Waals surface area contributed by atoms with E-state index < -0.39 is 18.1 Å². The molecule has 6 heteroatoms. The highest BCUT2D eigenvalue weighted by Gasteiger charge is 2.44. The molecule has 4 nitrogen and oxygen atoms in total. The lowest BCUT2D eigenvalue weighted by Crippen LogP contribution is -2.41. The topological polar surface area (TPSA) is 49.8 Å². The molecule has 3 aromatic rings. The van der Waals surface area contributed by atoms with E-state index in [1.165, 1.54) is 6.08 Å². The van der Waals surface area contributed by atoms with Crippen LogP contribution in [0.5, 0.6) is 0 Å². The first kappa shape index (κ1) is 20.1. The van der Waals surface area contributed by atoms with E-state index in [0.29, 0.717) is 22.1 Å². The second-order valence-electron chi connectivity index (χ2n) is 7.35. The summed E-state index contributed by atoms with van der Waals surface area (Å²) in [6.07, 6.45) is 0.528. The van der Waals surface area contributed by atoms with Crippen LogP contribution in [0.1, 0.15) is 17.2 Å². The number of hydrogen-bond acceptors (Lipinski definition) is 4. The van der Waals surface area contributed by atoms with Gasteiger partial charge in [0.2, 0.25) is 0 Å². The summed E-state index contributed by atoms with van der Waals surface area (Å²) in [4.78, 5) is 14.3. The smallest absolute Gasteiger partial charge is 0.338 e. The molecule has 154 valence electrons. The number of aliphatic hydroxyl groups is 1. The zero-order chi connectivity index (χ0) is 21.5. The van der Waals surface area contributed by atoms with Gasteiger partial charge in [-0.1, -0.05) is 70.0 Å². The third kappa shape index (κ3) is 3.59. The van der Waals surface area contributed by atoms with Crippen molar-refractivity contribution < 1.29 is 14.6 Å². The van der Waals surface area contributed by atoms with Crippen molar-refractivity contribution in [1.82, 2.24) is 0 Å². The van der Waals surface area contributed by atoms with Crippen molar-refractivity contribution in [2.75, 3.05) is 4.90 Å². The monoisotopic (exact) mass is 493 g/mol. The Morgan fingerprint density at radius 1 is 0.935 bits per heavy atom. The van der Waals surface area contributed by atoms with Gasteiger partial charge < -0.3 is 14.7 Å². The summed E-state index contributed by atoms with van der Waals surface area (Å²) in [7, 11) is 0. The zero-order valence-corrected chi connectivity index (χ0v) is 18.5. The van der Waals surface area contributed by atoms with Gasteiger partial charge in [-0.15, -0.1) is 0 Å².